The van der Waals surface area contributed by atoms with Gasteiger partial charge in [0.25, 0.3) is 0 Å². The van der Waals surface area contributed by atoms with Crippen LogP contribution in [0.1, 0.15) is 73.5 Å². The van der Waals surface area contributed by atoms with Gasteiger partial charge in [0, 0.05) is 44.2 Å². The second-order valence-corrected chi connectivity index (χ2v) is 16.7. The molecule has 2 heterocycles. The van der Waals surface area contributed by atoms with E-state index in [0.717, 1.165) is 11.1 Å². The largest absolute Gasteiger partial charge is 0.460 e. The molecule has 0 unspecified atom stereocenters. The third-order valence-electron chi connectivity index (χ3n) is 10.8. The maximum atomic E-state index is 13.6. The molecule has 17 heteroatoms. The van der Waals surface area contributed by atoms with Gasteiger partial charge in [-0.1, -0.05) is 48.6 Å². The molecule has 2 saturated heterocycles. The fourth-order valence-corrected chi connectivity index (χ4v) is 7.73. The molecule has 0 bridgehead atoms. The molecule has 61 heavy (non-hydrogen) atoms. The Morgan fingerprint density at radius 3 is 2.30 bits per heavy atom. The van der Waals surface area contributed by atoms with Crippen molar-refractivity contribution in [3.8, 4) is 0 Å². The van der Waals surface area contributed by atoms with E-state index in [1.54, 1.807) is 63.3 Å². The van der Waals surface area contributed by atoms with Gasteiger partial charge in [0.05, 0.1) is 31.4 Å². The summed E-state index contributed by atoms with van der Waals surface area (Å²) in [4.78, 5) is 51.9. The zero-order valence-corrected chi connectivity index (χ0v) is 34.4. The van der Waals surface area contributed by atoms with Crippen LogP contribution >= 0.6 is 0 Å². The van der Waals surface area contributed by atoms with Crippen LogP contribution in [0.2, 0.25) is 0 Å². The molecule has 0 saturated carbocycles. The van der Waals surface area contributed by atoms with E-state index < -0.39 is 96.8 Å². The normalized spacial score (nSPS) is 27.2. The van der Waals surface area contributed by atoms with Gasteiger partial charge in [0.2, 0.25) is 11.8 Å². The number of hydrogen-bond acceptors (Lipinski definition) is 15. The van der Waals surface area contributed by atoms with Gasteiger partial charge in [-0.2, -0.15) is 0 Å². The number of fused-ring (bicyclic) bond motifs is 2. The lowest BCUT2D eigenvalue weighted by Crippen LogP contribution is -2.59. The van der Waals surface area contributed by atoms with Crippen LogP contribution in [0.3, 0.4) is 0 Å². The number of carbonyl (C=O) groups is 4. The van der Waals surface area contributed by atoms with Crippen LogP contribution in [-0.2, 0) is 55.6 Å². The van der Waals surface area contributed by atoms with Crippen molar-refractivity contribution in [2.45, 2.75) is 126 Å². The van der Waals surface area contributed by atoms with Gasteiger partial charge >= 0.3 is 11.9 Å². The van der Waals surface area contributed by atoms with Crippen molar-refractivity contribution in [2.75, 3.05) is 26.4 Å². The van der Waals surface area contributed by atoms with Crippen LogP contribution < -0.4 is 10.6 Å². The third-order valence-corrected chi connectivity index (χ3v) is 10.8. The van der Waals surface area contributed by atoms with E-state index in [2.05, 4.69) is 10.6 Å². The average Bonchev–Trinajstić information content (AvgIpc) is 3.78. The first-order chi connectivity index (χ1) is 29.1. The molecule has 0 aromatic heterocycles. The summed E-state index contributed by atoms with van der Waals surface area (Å²) >= 11 is 0. The van der Waals surface area contributed by atoms with Crippen LogP contribution in [0.4, 0.5) is 0 Å². The molecule has 0 radical (unpaired) electrons. The van der Waals surface area contributed by atoms with Crippen molar-refractivity contribution < 1.29 is 73.1 Å². The number of esters is 2. The molecule has 2 amide bonds. The monoisotopic (exact) mass is 852 g/mol. The molecule has 332 valence electrons. The Hall–Kier alpha value is -4.56. The maximum Gasteiger partial charge on any atom is 0.338 e. The minimum atomic E-state index is -1.55. The Kier molecular flexibility index (Phi) is 15.1. The molecule has 7 N–H and O–H groups in total. The Morgan fingerprint density at radius 1 is 0.934 bits per heavy atom. The van der Waals surface area contributed by atoms with Crippen LogP contribution in [0.25, 0.3) is 6.08 Å². The minimum Gasteiger partial charge on any atom is -0.460 e. The summed E-state index contributed by atoms with van der Waals surface area (Å²) in [5.74, 6) is -2.98. The number of hydrogen-bond donors (Lipinski definition) is 7. The Labute approximate surface area is 353 Å². The summed E-state index contributed by atoms with van der Waals surface area (Å²) in [6.07, 6.45) is -3.15. The summed E-state index contributed by atoms with van der Waals surface area (Å²) in [7, 11) is 0. The number of nitrogens with one attached hydrogen (secondary N) is 2. The molecule has 6 rings (SSSR count). The van der Waals surface area contributed by atoms with Crippen LogP contribution in [0.15, 0.2) is 66.3 Å². The van der Waals surface area contributed by atoms with Crippen LogP contribution in [0, 0.1) is 0 Å². The minimum absolute atomic E-state index is 0.0126. The number of amides is 2. The number of benzene rings is 2. The number of ether oxygens (including phenoxy) is 6. The molecule has 2 fully saturated rings. The second-order valence-electron chi connectivity index (χ2n) is 16.7. The van der Waals surface area contributed by atoms with Crippen molar-refractivity contribution in [3.05, 3.63) is 88.5 Å². The molecule has 9 atom stereocenters. The summed E-state index contributed by atoms with van der Waals surface area (Å²) < 4.78 is 35.3. The molecular weight excluding hydrogens is 796 g/mol. The molecule has 2 aliphatic heterocycles. The van der Waals surface area contributed by atoms with Gasteiger partial charge in [0.15, 0.2) is 12.1 Å². The lowest BCUT2D eigenvalue weighted by molar-refractivity contribution is -0.298. The Balaban J connectivity index is 1.04. The number of aliphatic hydroxyl groups is 5. The summed E-state index contributed by atoms with van der Waals surface area (Å²) in [6.45, 7) is 4.24. The lowest BCUT2D eigenvalue weighted by Gasteiger charge is -2.39. The van der Waals surface area contributed by atoms with Gasteiger partial charge < -0.3 is 64.6 Å². The van der Waals surface area contributed by atoms with E-state index in [0.29, 0.717) is 24.0 Å². The first kappa shape index (κ1) is 46.0. The van der Waals surface area contributed by atoms with Crippen molar-refractivity contribution >= 4 is 29.8 Å². The summed E-state index contributed by atoms with van der Waals surface area (Å²) in [5, 5.41) is 54.7. The second kappa shape index (κ2) is 20.1. The molecule has 17 nitrogen and oxygen atoms in total. The average molecular weight is 853 g/mol. The van der Waals surface area contributed by atoms with E-state index in [9.17, 15) is 44.7 Å². The molecule has 2 aliphatic carbocycles. The zero-order valence-electron chi connectivity index (χ0n) is 34.4. The van der Waals surface area contributed by atoms with Gasteiger partial charge in [-0.15, -0.1) is 0 Å². The standard InChI is InChI=1S/C44H56N2O15/c1-43(2,3)60-35(50)15-14-30(23-47)46-34(49)16-17-45-40(54)29-19-31(39-32(20-29)59-44(61-39)21-27-8-4-5-9-28(27)22-44)57-41(55)26-12-10-25(11-13-26)7-6-18-56-42-38(53)37(52)36(51)33(24-48)58-42/h4-13,20,30-33,36-39,42,47-48,51-53H,14-19,21-24H2,1-3H3,(H,45,54)(H,46,49)/t30-,31+,32+,33+,36-,37-,38+,39-,42-/m0/s1. The van der Waals surface area contributed by atoms with Crippen molar-refractivity contribution in [1.29, 1.82) is 0 Å². The smallest absolute Gasteiger partial charge is 0.338 e. The Bertz CT molecular complexity index is 1900. The molecule has 2 aromatic carbocycles. The number of aliphatic hydroxyl groups excluding tert-OH is 5. The highest BCUT2D eigenvalue weighted by molar-refractivity contribution is 5.94. The molecular formula is C44H56N2O15. The van der Waals surface area contributed by atoms with E-state index in [-0.39, 0.29) is 51.0 Å². The van der Waals surface area contributed by atoms with E-state index in [4.69, 9.17) is 28.4 Å². The van der Waals surface area contributed by atoms with Gasteiger partial charge in [-0.25, -0.2) is 4.79 Å². The lowest BCUT2D eigenvalue weighted by atomic mass is 9.91. The fraction of sp³-hybridized carbons (Fsp3) is 0.545. The number of rotatable bonds is 16. The molecule has 2 aromatic rings. The van der Waals surface area contributed by atoms with E-state index in [1.807, 2.05) is 24.3 Å². The quantitative estimate of drug-likeness (QED) is 0.115. The van der Waals surface area contributed by atoms with E-state index >= 15 is 0 Å². The fourth-order valence-electron chi connectivity index (χ4n) is 7.73. The Morgan fingerprint density at radius 2 is 1.64 bits per heavy atom. The SMILES string of the molecule is CC(C)(C)OC(=O)CC[C@@H](CO)NC(=O)CCNC(=O)C1=C[C@H]2OC3(Cc4ccccc4C3)O[C@H]2[C@H](OC(=O)c2ccc(C=CCO[C@H]3O[C@H](CO)[C@H](O)[C@H](O)[C@H]3O)cc2)C1. The first-order valence-electron chi connectivity index (χ1n) is 20.5. The predicted octanol–water partition coefficient (Wildman–Crippen LogP) is 0.756. The van der Waals surface area contributed by atoms with Gasteiger partial charge in [-0.3, -0.25) is 14.4 Å². The van der Waals surface area contributed by atoms with Crippen molar-refractivity contribution in [2.24, 2.45) is 0 Å². The predicted molar refractivity (Wildman–Crippen MR) is 215 cm³/mol. The first-order valence-corrected chi connectivity index (χ1v) is 20.5. The molecule has 4 aliphatic rings. The van der Waals surface area contributed by atoms with Gasteiger partial charge in [0.1, 0.15) is 48.3 Å². The van der Waals surface area contributed by atoms with Crippen LogP contribution in [0.5, 0.6) is 0 Å². The summed E-state index contributed by atoms with van der Waals surface area (Å²) in [6, 6.07) is 13.8. The topological polar surface area (TPSA) is 249 Å². The third kappa shape index (κ3) is 11.9. The highest BCUT2D eigenvalue weighted by Gasteiger charge is 2.55. The van der Waals surface area contributed by atoms with Crippen molar-refractivity contribution in [1.82, 2.24) is 10.6 Å². The van der Waals surface area contributed by atoms with Crippen LogP contribution in [-0.4, -0.2) is 142 Å². The number of carbonyl (C=O) groups excluding carboxylic acids is 4. The molecule has 1 spiro atoms. The van der Waals surface area contributed by atoms with Crippen molar-refractivity contribution in [3.63, 3.8) is 0 Å². The highest BCUT2D eigenvalue weighted by Crippen LogP contribution is 2.45. The summed E-state index contributed by atoms with van der Waals surface area (Å²) in [5.41, 5.74) is 2.75. The van der Waals surface area contributed by atoms with E-state index in [1.165, 1.54) is 0 Å². The van der Waals surface area contributed by atoms with Gasteiger partial charge in [-0.05, 0) is 62.1 Å². The zero-order chi connectivity index (χ0) is 43.9. The maximum absolute atomic E-state index is 13.6. The highest BCUT2D eigenvalue weighted by atomic mass is 16.8.